The van der Waals surface area contributed by atoms with E-state index in [9.17, 15) is 9.90 Å². The van der Waals surface area contributed by atoms with Crippen LogP contribution in [-0.2, 0) is 17.8 Å². The van der Waals surface area contributed by atoms with Crippen molar-refractivity contribution in [3.63, 3.8) is 0 Å². The quantitative estimate of drug-likeness (QED) is 0.665. The van der Waals surface area contributed by atoms with Crippen LogP contribution in [0.15, 0.2) is 60.7 Å². The first-order valence-corrected chi connectivity index (χ1v) is 9.11. The maximum Gasteiger partial charge on any atom is 0.408 e. The van der Waals surface area contributed by atoms with E-state index in [-0.39, 0.29) is 12.7 Å². The molecule has 2 aromatic carbocycles. The third-order valence-corrected chi connectivity index (χ3v) is 4.55. The lowest BCUT2D eigenvalue weighted by atomic mass is 9.81. The van der Waals surface area contributed by atoms with Crippen molar-refractivity contribution in [1.29, 1.82) is 0 Å². The largest absolute Gasteiger partial charge is 0.445 e. The number of benzene rings is 2. The fourth-order valence-corrected chi connectivity index (χ4v) is 2.97. The number of unbranched alkanes of at least 4 members (excludes halogenated alkanes) is 1. The monoisotopic (exact) mass is 354 g/mol. The molecule has 0 aliphatic heterocycles. The maximum atomic E-state index is 12.4. The Balaban J connectivity index is 2.09. The van der Waals surface area contributed by atoms with Crippen LogP contribution in [-0.4, -0.2) is 16.7 Å². The number of carbonyl (C=O) groups is 1. The van der Waals surface area contributed by atoms with E-state index >= 15 is 0 Å². The molecule has 1 unspecified atom stereocenters. The molecular weight excluding hydrogens is 326 g/mol. The Bertz CT molecular complexity index is 658. The molecule has 0 aromatic heterocycles. The molecule has 2 aromatic rings. The summed E-state index contributed by atoms with van der Waals surface area (Å²) >= 11 is 0. The summed E-state index contributed by atoms with van der Waals surface area (Å²) < 4.78 is 5.38. The van der Waals surface area contributed by atoms with E-state index in [1.54, 1.807) is 6.92 Å². The SMILES string of the molecule is CCCCC(Cc1ccccc1)(NC(=O)OCc1ccccc1)[C](C)O. The van der Waals surface area contributed by atoms with E-state index in [0.717, 1.165) is 24.0 Å². The molecule has 0 bridgehead atoms. The van der Waals surface area contributed by atoms with Crippen molar-refractivity contribution >= 4 is 6.09 Å². The van der Waals surface area contributed by atoms with Gasteiger partial charge in [-0.2, -0.15) is 0 Å². The van der Waals surface area contributed by atoms with E-state index in [0.29, 0.717) is 12.8 Å². The van der Waals surface area contributed by atoms with Gasteiger partial charge in [0.2, 0.25) is 0 Å². The molecule has 1 atom stereocenters. The first-order valence-electron chi connectivity index (χ1n) is 9.11. The summed E-state index contributed by atoms with van der Waals surface area (Å²) in [6, 6.07) is 19.4. The molecule has 0 aliphatic carbocycles. The van der Waals surface area contributed by atoms with Crippen molar-refractivity contribution in [2.45, 2.75) is 51.7 Å². The number of ether oxygens (including phenoxy) is 1. The van der Waals surface area contributed by atoms with Gasteiger partial charge in [0.25, 0.3) is 0 Å². The maximum absolute atomic E-state index is 12.4. The molecule has 0 saturated heterocycles. The number of alkyl carbamates (subject to hydrolysis) is 1. The Morgan fingerprint density at radius 1 is 1.04 bits per heavy atom. The van der Waals surface area contributed by atoms with E-state index in [4.69, 9.17) is 4.74 Å². The van der Waals surface area contributed by atoms with Gasteiger partial charge in [0.1, 0.15) is 12.7 Å². The van der Waals surface area contributed by atoms with E-state index < -0.39 is 11.6 Å². The lowest BCUT2D eigenvalue weighted by Crippen LogP contribution is -2.54. The minimum atomic E-state index is -0.828. The average Bonchev–Trinajstić information content (AvgIpc) is 2.66. The highest BCUT2D eigenvalue weighted by atomic mass is 16.5. The number of hydrogen-bond acceptors (Lipinski definition) is 3. The van der Waals surface area contributed by atoms with Gasteiger partial charge in [-0.15, -0.1) is 0 Å². The summed E-state index contributed by atoms with van der Waals surface area (Å²) in [7, 11) is 0. The zero-order valence-electron chi connectivity index (χ0n) is 15.6. The number of rotatable bonds is 9. The van der Waals surface area contributed by atoms with Crippen molar-refractivity contribution in [2.24, 2.45) is 0 Å². The zero-order chi connectivity index (χ0) is 18.8. The predicted octanol–water partition coefficient (Wildman–Crippen LogP) is 5.01. The first kappa shape index (κ1) is 20.0. The van der Waals surface area contributed by atoms with Crippen molar-refractivity contribution in [3.8, 4) is 0 Å². The van der Waals surface area contributed by atoms with Crippen LogP contribution in [0.5, 0.6) is 0 Å². The van der Waals surface area contributed by atoms with Crippen molar-refractivity contribution in [1.82, 2.24) is 5.32 Å². The van der Waals surface area contributed by atoms with Crippen LogP contribution >= 0.6 is 0 Å². The Kier molecular flexibility index (Phi) is 7.67. The van der Waals surface area contributed by atoms with Gasteiger partial charge in [-0.05, 0) is 30.9 Å². The highest BCUT2D eigenvalue weighted by Crippen LogP contribution is 2.29. The van der Waals surface area contributed by atoms with Crippen molar-refractivity contribution in [3.05, 3.63) is 77.9 Å². The molecule has 1 radical (unpaired) electrons. The summed E-state index contributed by atoms with van der Waals surface area (Å²) in [6.07, 6.45) is 2.73. The molecule has 2 rings (SSSR count). The second kappa shape index (κ2) is 9.97. The van der Waals surface area contributed by atoms with E-state index in [2.05, 4.69) is 12.2 Å². The van der Waals surface area contributed by atoms with Crippen LogP contribution in [0.25, 0.3) is 0 Å². The normalized spacial score (nSPS) is 13.2. The minimum absolute atomic E-state index is 0.200. The number of carbonyl (C=O) groups excluding carboxylic acids is 1. The molecular formula is C22H28NO3. The Morgan fingerprint density at radius 3 is 2.15 bits per heavy atom. The zero-order valence-corrected chi connectivity index (χ0v) is 15.6. The lowest BCUT2D eigenvalue weighted by Gasteiger charge is -2.36. The van der Waals surface area contributed by atoms with Gasteiger partial charge in [0.15, 0.2) is 0 Å². The number of nitrogens with one attached hydrogen (secondary N) is 1. The van der Waals surface area contributed by atoms with E-state index in [1.807, 2.05) is 60.7 Å². The molecule has 1 amide bonds. The fourth-order valence-electron chi connectivity index (χ4n) is 2.97. The molecule has 2 N–H and O–H groups in total. The number of aliphatic hydroxyl groups excluding tert-OH is 1. The van der Waals surface area contributed by atoms with Gasteiger partial charge in [-0.1, -0.05) is 80.4 Å². The molecule has 26 heavy (non-hydrogen) atoms. The molecule has 0 heterocycles. The van der Waals surface area contributed by atoms with Crippen LogP contribution in [0, 0.1) is 6.10 Å². The topological polar surface area (TPSA) is 58.6 Å². The number of amides is 1. The van der Waals surface area contributed by atoms with Crippen molar-refractivity contribution in [2.75, 3.05) is 0 Å². The highest BCUT2D eigenvalue weighted by Gasteiger charge is 2.38. The Hall–Kier alpha value is -2.33. The Labute approximate surface area is 156 Å². The van der Waals surface area contributed by atoms with Gasteiger partial charge >= 0.3 is 6.09 Å². The van der Waals surface area contributed by atoms with Gasteiger partial charge < -0.3 is 15.2 Å². The third kappa shape index (κ3) is 5.88. The summed E-state index contributed by atoms with van der Waals surface area (Å²) in [4.78, 5) is 12.4. The molecule has 0 spiro atoms. The first-order chi connectivity index (χ1) is 12.6. The van der Waals surface area contributed by atoms with Gasteiger partial charge in [0, 0.05) is 0 Å². The molecule has 0 fully saturated rings. The summed E-state index contributed by atoms with van der Waals surface area (Å²) in [5.41, 5.74) is 1.15. The molecule has 0 aliphatic rings. The number of hydrogen-bond donors (Lipinski definition) is 2. The smallest absolute Gasteiger partial charge is 0.408 e. The van der Waals surface area contributed by atoms with Crippen LogP contribution in [0.4, 0.5) is 4.79 Å². The fraction of sp³-hybridized carbons (Fsp3) is 0.364. The van der Waals surface area contributed by atoms with Gasteiger partial charge in [0.05, 0.1) is 5.54 Å². The molecule has 0 saturated carbocycles. The van der Waals surface area contributed by atoms with Gasteiger partial charge in [-0.3, -0.25) is 0 Å². The lowest BCUT2D eigenvalue weighted by molar-refractivity contribution is 0.105. The van der Waals surface area contributed by atoms with Crippen LogP contribution < -0.4 is 5.32 Å². The van der Waals surface area contributed by atoms with Crippen LogP contribution in [0.3, 0.4) is 0 Å². The summed E-state index contributed by atoms with van der Waals surface area (Å²) in [5, 5.41) is 13.4. The average molecular weight is 354 g/mol. The predicted molar refractivity (Wildman–Crippen MR) is 103 cm³/mol. The standard InChI is InChI=1S/C22H28NO3/c1-3-4-15-22(18(2)24,16-19-11-7-5-8-12-19)23-21(25)26-17-20-13-9-6-10-14-20/h5-14,24H,3-4,15-17H2,1-2H3,(H,23,25). The number of aliphatic hydroxyl groups is 1. The van der Waals surface area contributed by atoms with Crippen LogP contribution in [0.1, 0.15) is 44.2 Å². The van der Waals surface area contributed by atoms with Crippen molar-refractivity contribution < 1.29 is 14.6 Å². The second-order valence-electron chi connectivity index (χ2n) is 6.62. The minimum Gasteiger partial charge on any atom is -0.445 e. The molecule has 4 nitrogen and oxygen atoms in total. The third-order valence-electron chi connectivity index (χ3n) is 4.55. The van der Waals surface area contributed by atoms with E-state index in [1.165, 1.54) is 0 Å². The van der Waals surface area contributed by atoms with Crippen LogP contribution in [0.2, 0.25) is 0 Å². The highest BCUT2D eigenvalue weighted by molar-refractivity contribution is 5.69. The summed E-state index contributed by atoms with van der Waals surface area (Å²) in [5.74, 6) is 0. The molecule has 4 heteroatoms. The molecule has 139 valence electrons. The Morgan fingerprint density at radius 2 is 1.62 bits per heavy atom. The second-order valence-corrected chi connectivity index (χ2v) is 6.62. The summed E-state index contributed by atoms with van der Waals surface area (Å²) in [6.45, 7) is 3.94. The van der Waals surface area contributed by atoms with Gasteiger partial charge in [-0.25, -0.2) is 4.79 Å².